The normalized spacial score (nSPS) is 11.0. The molecule has 6 nitrogen and oxygen atoms in total. The molecule has 0 saturated heterocycles. The molecule has 0 aliphatic rings. The van der Waals surface area contributed by atoms with Gasteiger partial charge in [0.2, 0.25) is 0 Å². The molecule has 0 bridgehead atoms. The lowest BCUT2D eigenvalue weighted by molar-refractivity contribution is -0.145. The Kier molecular flexibility index (Phi) is 5.08. The first kappa shape index (κ1) is 18.2. The lowest BCUT2D eigenvalue weighted by atomic mass is 10.2. The largest absolute Gasteiger partial charge is 0.493 e. The van der Waals surface area contributed by atoms with Crippen LogP contribution in [0.1, 0.15) is 17.7 Å². The van der Waals surface area contributed by atoms with Crippen molar-refractivity contribution in [2.24, 2.45) is 0 Å². The molecule has 0 N–H and O–H groups in total. The van der Waals surface area contributed by atoms with Crippen molar-refractivity contribution < 1.29 is 14.3 Å². The van der Waals surface area contributed by atoms with Crippen molar-refractivity contribution in [1.29, 1.82) is 0 Å². The molecule has 0 unspecified atom stereocenters. The van der Waals surface area contributed by atoms with Crippen LogP contribution in [0.25, 0.3) is 15.2 Å². The van der Waals surface area contributed by atoms with Crippen LogP contribution < -0.4 is 10.3 Å². The summed E-state index contributed by atoms with van der Waals surface area (Å²) < 4.78 is 13.3. The van der Waals surface area contributed by atoms with Gasteiger partial charge in [-0.15, -0.1) is 0 Å². The van der Waals surface area contributed by atoms with E-state index in [1.54, 1.807) is 4.40 Å². The van der Waals surface area contributed by atoms with E-state index in [2.05, 4.69) is 4.98 Å². The van der Waals surface area contributed by atoms with Gasteiger partial charge < -0.3 is 9.47 Å². The zero-order valence-corrected chi connectivity index (χ0v) is 16.1. The molecule has 0 fully saturated rings. The third kappa shape index (κ3) is 3.89. The highest BCUT2D eigenvalue weighted by atomic mass is 32.1. The average Bonchev–Trinajstić information content (AvgIpc) is 3.05. The van der Waals surface area contributed by atoms with Crippen molar-refractivity contribution in [3.05, 3.63) is 76.2 Å². The van der Waals surface area contributed by atoms with Gasteiger partial charge in [0.25, 0.3) is 5.56 Å². The number of thiazole rings is 1. The van der Waals surface area contributed by atoms with Crippen LogP contribution in [-0.4, -0.2) is 22.0 Å². The van der Waals surface area contributed by atoms with Crippen LogP contribution in [0.4, 0.5) is 0 Å². The fraction of sp³-hybridized carbons (Fsp3) is 0.190. The summed E-state index contributed by atoms with van der Waals surface area (Å²) in [5, 5.41) is 0. The molecule has 0 spiro atoms. The second-order valence-corrected chi connectivity index (χ2v) is 7.36. The number of aryl methyl sites for hydroxylation is 1. The summed E-state index contributed by atoms with van der Waals surface area (Å²) in [7, 11) is 0. The van der Waals surface area contributed by atoms with Gasteiger partial charge in [0.05, 0.1) is 28.9 Å². The van der Waals surface area contributed by atoms with Crippen LogP contribution in [0.3, 0.4) is 0 Å². The van der Waals surface area contributed by atoms with E-state index in [0.29, 0.717) is 10.7 Å². The average molecular weight is 394 g/mol. The molecule has 0 amide bonds. The number of esters is 1. The van der Waals surface area contributed by atoms with Crippen LogP contribution in [0.2, 0.25) is 0 Å². The highest BCUT2D eigenvalue weighted by Crippen LogP contribution is 2.23. The van der Waals surface area contributed by atoms with Crippen LogP contribution in [-0.2, 0) is 16.1 Å². The second-order valence-electron chi connectivity index (χ2n) is 6.35. The van der Waals surface area contributed by atoms with Crippen molar-refractivity contribution in [1.82, 2.24) is 9.38 Å². The Bertz CT molecular complexity index is 1210. The molecule has 4 aromatic rings. The van der Waals surface area contributed by atoms with Gasteiger partial charge in [-0.1, -0.05) is 35.6 Å². The molecular formula is C21H18N2O4S. The summed E-state index contributed by atoms with van der Waals surface area (Å²) in [4.78, 5) is 29.4. The van der Waals surface area contributed by atoms with Gasteiger partial charge in [0, 0.05) is 6.07 Å². The summed E-state index contributed by atoms with van der Waals surface area (Å²) in [5.41, 5.74) is 2.17. The Morgan fingerprint density at radius 3 is 2.86 bits per heavy atom. The Morgan fingerprint density at radius 2 is 2.00 bits per heavy atom. The van der Waals surface area contributed by atoms with E-state index in [4.69, 9.17) is 9.47 Å². The van der Waals surface area contributed by atoms with Gasteiger partial charge in [0.15, 0.2) is 4.96 Å². The number of rotatable bonds is 6. The highest BCUT2D eigenvalue weighted by Gasteiger charge is 2.11. The smallest absolute Gasteiger partial charge is 0.309 e. The van der Waals surface area contributed by atoms with Gasteiger partial charge in [-0.2, -0.15) is 0 Å². The molecule has 0 saturated carbocycles. The molecule has 2 aromatic heterocycles. The van der Waals surface area contributed by atoms with Crippen molar-refractivity contribution >= 4 is 32.5 Å². The van der Waals surface area contributed by atoms with Crippen molar-refractivity contribution in [3.63, 3.8) is 0 Å². The molecule has 0 aliphatic carbocycles. The zero-order valence-electron chi connectivity index (χ0n) is 15.3. The van der Waals surface area contributed by atoms with Crippen LogP contribution >= 0.6 is 11.3 Å². The van der Waals surface area contributed by atoms with E-state index in [-0.39, 0.29) is 25.2 Å². The van der Waals surface area contributed by atoms with Gasteiger partial charge in [0.1, 0.15) is 12.4 Å². The predicted octanol–water partition coefficient (Wildman–Crippen LogP) is 3.73. The first-order valence-corrected chi connectivity index (χ1v) is 9.67. The van der Waals surface area contributed by atoms with Crippen molar-refractivity contribution in [3.8, 4) is 5.75 Å². The molecule has 28 heavy (non-hydrogen) atoms. The minimum Gasteiger partial charge on any atom is -0.493 e. The Balaban J connectivity index is 1.37. The second kappa shape index (κ2) is 7.82. The fourth-order valence-electron chi connectivity index (χ4n) is 2.88. The van der Waals surface area contributed by atoms with E-state index in [9.17, 15) is 9.59 Å². The maximum atomic E-state index is 12.4. The van der Waals surface area contributed by atoms with Gasteiger partial charge in [-0.3, -0.25) is 14.0 Å². The first-order valence-electron chi connectivity index (χ1n) is 8.85. The van der Waals surface area contributed by atoms with E-state index in [1.807, 2.05) is 55.5 Å². The summed E-state index contributed by atoms with van der Waals surface area (Å²) in [6, 6.07) is 16.7. The minimum absolute atomic E-state index is 0.0384. The summed E-state index contributed by atoms with van der Waals surface area (Å²) in [6.45, 7) is 2.17. The number of para-hydroxylation sites is 1. The molecular weight excluding hydrogens is 376 g/mol. The number of nitrogens with zero attached hydrogens (tertiary/aromatic N) is 2. The third-order valence-electron chi connectivity index (χ3n) is 4.19. The highest BCUT2D eigenvalue weighted by molar-refractivity contribution is 7.23. The van der Waals surface area contributed by atoms with Crippen molar-refractivity contribution in [2.75, 3.05) is 6.61 Å². The molecule has 0 aliphatic heterocycles. The minimum atomic E-state index is -0.397. The Labute approximate surface area is 165 Å². The maximum Gasteiger partial charge on any atom is 0.309 e. The predicted molar refractivity (Wildman–Crippen MR) is 108 cm³/mol. The quantitative estimate of drug-likeness (QED) is 0.466. The van der Waals surface area contributed by atoms with Gasteiger partial charge >= 0.3 is 5.97 Å². The number of hydrogen-bond donors (Lipinski definition) is 0. The van der Waals surface area contributed by atoms with Crippen molar-refractivity contribution in [2.45, 2.75) is 20.0 Å². The fourth-order valence-corrected chi connectivity index (χ4v) is 3.93. The number of carbonyl (C=O) groups is 1. The number of benzene rings is 2. The summed E-state index contributed by atoms with van der Waals surface area (Å²) in [5.74, 6) is 0.323. The molecule has 2 heterocycles. The van der Waals surface area contributed by atoms with E-state index < -0.39 is 5.97 Å². The Morgan fingerprint density at radius 1 is 1.14 bits per heavy atom. The lowest BCUT2D eigenvalue weighted by Gasteiger charge is -2.07. The van der Waals surface area contributed by atoms with Gasteiger partial charge in [-0.05, 0) is 36.8 Å². The number of carbonyl (C=O) groups excluding carboxylic acids is 1. The van der Waals surface area contributed by atoms with Crippen LogP contribution in [0.15, 0.2) is 59.4 Å². The van der Waals surface area contributed by atoms with Gasteiger partial charge in [-0.25, -0.2) is 4.98 Å². The SMILES string of the molecule is Cc1cccc(OCCC(=O)OCc2cc(=O)n3c(n2)sc2ccccc23)c1. The topological polar surface area (TPSA) is 69.9 Å². The number of ether oxygens (including phenoxy) is 2. The molecule has 0 radical (unpaired) electrons. The lowest BCUT2D eigenvalue weighted by Crippen LogP contribution is -2.16. The summed E-state index contributed by atoms with van der Waals surface area (Å²) >= 11 is 1.43. The zero-order chi connectivity index (χ0) is 19.5. The summed E-state index contributed by atoms with van der Waals surface area (Å²) in [6.07, 6.45) is 0.123. The molecule has 7 heteroatoms. The first-order chi connectivity index (χ1) is 13.6. The molecule has 2 aromatic carbocycles. The van der Waals surface area contributed by atoms with E-state index in [1.165, 1.54) is 17.4 Å². The van der Waals surface area contributed by atoms with Crippen LogP contribution in [0, 0.1) is 6.92 Å². The Hall–Kier alpha value is -3.19. The number of hydrogen-bond acceptors (Lipinski definition) is 6. The van der Waals surface area contributed by atoms with E-state index in [0.717, 1.165) is 21.5 Å². The van der Waals surface area contributed by atoms with E-state index >= 15 is 0 Å². The monoisotopic (exact) mass is 394 g/mol. The molecule has 142 valence electrons. The maximum absolute atomic E-state index is 12.4. The number of aromatic nitrogens is 2. The third-order valence-corrected chi connectivity index (χ3v) is 5.22. The molecule has 4 rings (SSSR count). The van der Waals surface area contributed by atoms with Crippen LogP contribution in [0.5, 0.6) is 5.75 Å². The molecule has 0 atom stereocenters. The standard InChI is InChI=1S/C21H18N2O4S/c1-14-5-4-6-16(11-14)26-10-9-20(25)27-13-15-12-19(24)23-17-7-2-3-8-18(17)28-21(23)22-15/h2-8,11-12H,9-10,13H2,1H3. The number of fused-ring (bicyclic) bond motifs is 3.